The Hall–Kier alpha value is -2.12. The van der Waals surface area contributed by atoms with Crippen LogP contribution in [0, 0.1) is 5.92 Å². The molecule has 2 amide bonds. The molecule has 0 bridgehead atoms. The molecule has 124 valence electrons. The van der Waals surface area contributed by atoms with Crippen LogP contribution in [0.3, 0.4) is 0 Å². The summed E-state index contributed by atoms with van der Waals surface area (Å²) in [5.41, 5.74) is 0. The van der Waals surface area contributed by atoms with Crippen LogP contribution in [0.15, 0.2) is 34.9 Å². The van der Waals surface area contributed by atoms with Gasteiger partial charge in [-0.1, -0.05) is 6.92 Å². The number of carbonyl (C=O) groups excluding carboxylic acids is 2. The van der Waals surface area contributed by atoms with Gasteiger partial charge in [0.2, 0.25) is 0 Å². The van der Waals surface area contributed by atoms with Crippen LogP contribution in [-0.4, -0.2) is 29.6 Å². The molecule has 2 aromatic heterocycles. The van der Waals surface area contributed by atoms with Gasteiger partial charge in [0.05, 0.1) is 22.2 Å². The van der Waals surface area contributed by atoms with Crippen LogP contribution < -0.4 is 10.6 Å². The molecule has 2 unspecified atom stereocenters. The largest absolute Gasteiger partial charge is 0.459 e. The monoisotopic (exact) mass is 336 g/mol. The van der Waals surface area contributed by atoms with E-state index in [1.807, 2.05) is 6.92 Å². The quantitative estimate of drug-likeness (QED) is 0.725. The number of aliphatic hydroxyl groups excluding tert-OH is 1. The Kier molecular flexibility index (Phi) is 5.95. The Morgan fingerprint density at radius 1 is 1.26 bits per heavy atom. The molecular weight excluding hydrogens is 316 g/mol. The third-order valence-corrected chi connectivity index (χ3v) is 4.17. The summed E-state index contributed by atoms with van der Waals surface area (Å²) in [5.74, 6) is -0.131. The van der Waals surface area contributed by atoms with Gasteiger partial charge in [0.1, 0.15) is 0 Å². The van der Waals surface area contributed by atoms with Crippen molar-refractivity contribution < 1.29 is 19.1 Å². The fourth-order valence-corrected chi connectivity index (χ4v) is 2.95. The lowest BCUT2D eigenvalue weighted by Crippen LogP contribution is -2.28. The first kappa shape index (κ1) is 17.2. The fraction of sp³-hybridized carbons (Fsp3) is 0.375. The van der Waals surface area contributed by atoms with Crippen LogP contribution in [0.5, 0.6) is 0 Å². The topological polar surface area (TPSA) is 91.6 Å². The van der Waals surface area contributed by atoms with Gasteiger partial charge < -0.3 is 20.2 Å². The summed E-state index contributed by atoms with van der Waals surface area (Å²) in [5, 5.41) is 15.4. The maximum atomic E-state index is 12.1. The standard InChI is InChI=1S/C16H20N2O4S/c1-10(8-11(2)19)9-17-16(21)13-5-6-14(23-13)18-15(20)12-4-3-7-22-12/h3-7,10-11,19H,8-9H2,1-2H3,(H,17,21)(H,18,20). The maximum Gasteiger partial charge on any atom is 0.291 e. The van der Waals surface area contributed by atoms with E-state index in [0.29, 0.717) is 22.8 Å². The van der Waals surface area contributed by atoms with Crippen molar-refractivity contribution in [2.75, 3.05) is 11.9 Å². The zero-order valence-electron chi connectivity index (χ0n) is 13.0. The first-order valence-corrected chi connectivity index (χ1v) is 8.18. The van der Waals surface area contributed by atoms with E-state index in [4.69, 9.17) is 4.42 Å². The number of thiophene rings is 1. The highest BCUT2D eigenvalue weighted by Gasteiger charge is 2.14. The van der Waals surface area contributed by atoms with Crippen LogP contribution in [0.1, 0.15) is 40.5 Å². The lowest BCUT2D eigenvalue weighted by Gasteiger charge is -2.13. The van der Waals surface area contributed by atoms with Gasteiger partial charge in [-0.05, 0) is 43.5 Å². The third kappa shape index (κ3) is 5.22. The van der Waals surface area contributed by atoms with E-state index >= 15 is 0 Å². The van der Waals surface area contributed by atoms with Crippen molar-refractivity contribution in [2.45, 2.75) is 26.4 Å². The van der Waals surface area contributed by atoms with E-state index in [2.05, 4.69) is 10.6 Å². The highest BCUT2D eigenvalue weighted by atomic mass is 32.1. The number of nitrogens with one attached hydrogen (secondary N) is 2. The van der Waals surface area contributed by atoms with Gasteiger partial charge in [0, 0.05) is 6.54 Å². The molecular formula is C16H20N2O4S. The maximum absolute atomic E-state index is 12.1. The molecule has 0 saturated heterocycles. The van der Waals surface area contributed by atoms with E-state index in [-0.39, 0.29) is 29.6 Å². The van der Waals surface area contributed by atoms with Crippen LogP contribution in [-0.2, 0) is 0 Å². The summed E-state index contributed by atoms with van der Waals surface area (Å²) in [4.78, 5) is 24.4. The second kappa shape index (κ2) is 7.94. The molecule has 2 rings (SSSR count). The van der Waals surface area contributed by atoms with Crippen LogP contribution in [0.2, 0.25) is 0 Å². The van der Waals surface area contributed by atoms with Crippen molar-refractivity contribution in [3.05, 3.63) is 41.2 Å². The second-order valence-corrected chi connectivity index (χ2v) is 6.58. The van der Waals surface area contributed by atoms with Crippen molar-refractivity contribution >= 4 is 28.2 Å². The average Bonchev–Trinajstić information content (AvgIpc) is 3.15. The molecule has 0 aliphatic heterocycles. The lowest BCUT2D eigenvalue weighted by atomic mass is 10.0. The van der Waals surface area contributed by atoms with Crippen molar-refractivity contribution in [2.24, 2.45) is 5.92 Å². The molecule has 0 spiro atoms. The second-order valence-electron chi connectivity index (χ2n) is 5.50. The SMILES string of the molecule is CC(O)CC(C)CNC(=O)c1ccc(NC(=O)c2ccco2)s1. The van der Waals surface area contributed by atoms with E-state index in [9.17, 15) is 14.7 Å². The molecule has 0 fully saturated rings. The number of hydrogen-bond acceptors (Lipinski definition) is 5. The zero-order valence-corrected chi connectivity index (χ0v) is 13.9. The van der Waals surface area contributed by atoms with Crippen LogP contribution >= 0.6 is 11.3 Å². The van der Waals surface area contributed by atoms with Gasteiger partial charge in [-0.25, -0.2) is 0 Å². The van der Waals surface area contributed by atoms with E-state index in [1.165, 1.54) is 17.6 Å². The number of anilines is 1. The summed E-state index contributed by atoms with van der Waals surface area (Å²) in [7, 11) is 0. The smallest absolute Gasteiger partial charge is 0.291 e. The molecule has 2 heterocycles. The van der Waals surface area contributed by atoms with Crippen molar-refractivity contribution in [3.8, 4) is 0 Å². The highest BCUT2D eigenvalue weighted by molar-refractivity contribution is 7.18. The molecule has 23 heavy (non-hydrogen) atoms. The van der Waals surface area contributed by atoms with E-state index in [0.717, 1.165) is 0 Å². The zero-order chi connectivity index (χ0) is 16.8. The summed E-state index contributed by atoms with van der Waals surface area (Å²) >= 11 is 1.20. The van der Waals surface area contributed by atoms with Gasteiger partial charge in [0.25, 0.3) is 11.8 Å². The summed E-state index contributed by atoms with van der Waals surface area (Å²) in [6.07, 6.45) is 1.68. The Balaban J connectivity index is 1.86. The first-order valence-electron chi connectivity index (χ1n) is 7.36. The van der Waals surface area contributed by atoms with Gasteiger partial charge in [-0.3, -0.25) is 9.59 Å². The Labute approximate surface area is 138 Å². The first-order chi connectivity index (χ1) is 11.0. The van der Waals surface area contributed by atoms with E-state index < -0.39 is 0 Å². The van der Waals surface area contributed by atoms with Crippen molar-refractivity contribution in [1.29, 1.82) is 0 Å². The van der Waals surface area contributed by atoms with Gasteiger partial charge in [0.15, 0.2) is 5.76 Å². The van der Waals surface area contributed by atoms with E-state index in [1.54, 1.807) is 31.2 Å². The third-order valence-electron chi connectivity index (χ3n) is 3.17. The molecule has 0 aliphatic rings. The fourth-order valence-electron chi connectivity index (χ4n) is 2.13. The molecule has 7 heteroatoms. The number of hydrogen-bond donors (Lipinski definition) is 3. The minimum atomic E-state index is -0.382. The summed E-state index contributed by atoms with van der Waals surface area (Å²) in [6.45, 7) is 4.19. The van der Waals surface area contributed by atoms with Gasteiger partial charge in [-0.15, -0.1) is 11.3 Å². The highest BCUT2D eigenvalue weighted by Crippen LogP contribution is 2.22. The number of aliphatic hydroxyl groups is 1. The molecule has 2 aromatic rings. The number of amides is 2. The Morgan fingerprint density at radius 3 is 2.70 bits per heavy atom. The summed E-state index contributed by atoms with van der Waals surface area (Å²) < 4.78 is 5.01. The molecule has 3 N–H and O–H groups in total. The average molecular weight is 336 g/mol. The molecule has 0 aromatic carbocycles. The number of rotatable bonds is 7. The Bertz CT molecular complexity index is 649. The molecule has 0 saturated carbocycles. The lowest BCUT2D eigenvalue weighted by molar-refractivity contribution is 0.0942. The number of furan rings is 1. The predicted octanol–water partition coefficient (Wildman–Crippen LogP) is 2.73. The van der Waals surface area contributed by atoms with Crippen molar-refractivity contribution in [3.63, 3.8) is 0 Å². The van der Waals surface area contributed by atoms with Gasteiger partial charge >= 0.3 is 0 Å². The molecule has 2 atom stereocenters. The van der Waals surface area contributed by atoms with Gasteiger partial charge in [-0.2, -0.15) is 0 Å². The number of carbonyl (C=O) groups is 2. The minimum absolute atomic E-state index is 0.189. The van der Waals surface area contributed by atoms with Crippen molar-refractivity contribution in [1.82, 2.24) is 5.32 Å². The van der Waals surface area contributed by atoms with Crippen LogP contribution in [0.4, 0.5) is 5.00 Å². The Morgan fingerprint density at radius 2 is 2.04 bits per heavy atom. The summed E-state index contributed by atoms with van der Waals surface area (Å²) in [6, 6.07) is 6.55. The van der Waals surface area contributed by atoms with Crippen LogP contribution in [0.25, 0.3) is 0 Å². The minimum Gasteiger partial charge on any atom is -0.459 e. The molecule has 0 radical (unpaired) electrons. The molecule has 0 aliphatic carbocycles. The predicted molar refractivity (Wildman–Crippen MR) is 88.8 cm³/mol. The normalized spacial score (nSPS) is 13.3. The molecule has 6 nitrogen and oxygen atoms in total.